The largest absolute Gasteiger partial charge is 0.481 e. The maximum absolute atomic E-state index is 11.8. The zero-order chi connectivity index (χ0) is 15.9. The van der Waals surface area contributed by atoms with Crippen molar-refractivity contribution in [2.45, 2.75) is 25.8 Å². The molecule has 1 aromatic heterocycles. The number of hydrogen-bond donors (Lipinski definition) is 1. The first-order chi connectivity index (χ1) is 11.2. The van der Waals surface area contributed by atoms with Crippen molar-refractivity contribution in [2.24, 2.45) is 11.3 Å². The Morgan fingerprint density at radius 2 is 2.09 bits per heavy atom. The highest BCUT2D eigenvalue weighted by Gasteiger charge is 2.54. The molecule has 2 aliphatic rings. The summed E-state index contributed by atoms with van der Waals surface area (Å²) in [5.74, 6) is -0.243. The first kappa shape index (κ1) is 14.9. The van der Waals surface area contributed by atoms with E-state index in [0.29, 0.717) is 12.5 Å². The molecule has 3 nitrogen and oxygen atoms in total. The van der Waals surface area contributed by atoms with E-state index in [0.717, 1.165) is 32.4 Å². The smallest absolute Gasteiger partial charge is 0.311 e. The molecule has 2 aromatic rings. The van der Waals surface area contributed by atoms with Gasteiger partial charge in [0.15, 0.2) is 0 Å². The number of hydrogen-bond acceptors (Lipinski definition) is 3. The molecule has 0 unspecified atom stereocenters. The van der Waals surface area contributed by atoms with E-state index in [-0.39, 0.29) is 0 Å². The number of aliphatic carboxylic acids is 1. The molecule has 23 heavy (non-hydrogen) atoms. The summed E-state index contributed by atoms with van der Waals surface area (Å²) in [7, 11) is 0. The molecule has 0 spiro atoms. The van der Waals surface area contributed by atoms with Gasteiger partial charge in [-0.15, -0.1) is 11.3 Å². The minimum absolute atomic E-state index is 0.341. The second-order valence-electron chi connectivity index (χ2n) is 6.85. The Kier molecular flexibility index (Phi) is 3.74. The van der Waals surface area contributed by atoms with Gasteiger partial charge < -0.3 is 5.11 Å². The summed E-state index contributed by atoms with van der Waals surface area (Å²) in [6, 6.07) is 14.8. The third-order valence-corrected chi connectivity index (χ3v) is 6.59. The number of thiophene rings is 1. The lowest BCUT2D eigenvalue weighted by Gasteiger charge is -2.23. The highest BCUT2D eigenvalue weighted by atomic mass is 32.1. The highest BCUT2D eigenvalue weighted by Crippen LogP contribution is 2.49. The van der Waals surface area contributed by atoms with Gasteiger partial charge >= 0.3 is 5.97 Å². The number of carboxylic acid groups (broad SMARTS) is 1. The zero-order valence-corrected chi connectivity index (χ0v) is 13.9. The van der Waals surface area contributed by atoms with E-state index in [1.165, 1.54) is 15.3 Å². The van der Waals surface area contributed by atoms with Crippen molar-refractivity contribution in [3.8, 4) is 10.4 Å². The molecule has 2 atom stereocenters. The molecule has 1 saturated heterocycles. The molecule has 1 aliphatic heterocycles. The summed E-state index contributed by atoms with van der Waals surface area (Å²) < 4.78 is 0. The molecule has 2 heterocycles. The summed E-state index contributed by atoms with van der Waals surface area (Å²) in [6.07, 6.45) is 2.99. The SMILES string of the molecule is O=C(O)[C@@]12CCC[C@H]1CN(Cc1ccc(-c3ccccc3)s1)C2. The molecule has 1 aliphatic carbocycles. The van der Waals surface area contributed by atoms with Crippen LogP contribution in [0.4, 0.5) is 0 Å². The average Bonchev–Trinajstić information content (AvgIpc) is 3.22. The van der Waals surface area contributed by atoms with Crippen LogP contribution in [0.1, 0.15) is 24.1 Å². The summed E-state index contributed by atoms with van der Waals surface area (Å²) in [6.45, 7) is 2.53. The van der Waals surface area contributed by atoms with Gasteiger partial charge in [-0.05, 0) is 36.5 Å². The molecule has 0 radical (unpaired) electrons. The monoisotopic (exact) mass is 327 g/mol. The topological polar surface area (TPSA) is 40.5 Å². The Morgan fingerprint density at radius 3 is 2.83 bits per heavy atom. The Balaban J connectivity index is 1.48. The number of likely N-dealkylation sites (tertiary alicyclic amines) is 1. The molecule has 120 valence electrons. The van der Waals surface area contributed by atoms with Gasteiger partial charge in [0.1, 0.15) is 0 Å². The Bertz CT molecular complexity index is 711. The fraction of sp³-hybridized carbons (Fsp3) is 0.421. The number of fused-ring (bicyclic) bond motifs is 1. The average molecular weight is 327 g/mol. The lowest BCUT2D eigenvalue weighted by molar-refractivity contribution is -0.149. The number of nitrogens with zero attached hydrogens (tertiary/aromatic N) is 1. The van der Waals surface area contributed by atoms with Crippen molar-refractivity contribution >= 4 is 17.3 Å². The highest BCUT2D eigenvalue weighted by molar-refractivity contribution is 7.15. The van der Waals surface area contributed by atoms with Crippen molar-refractivity contribution in [1.82, 2.24) is 4.90 Å². The zero-order valence-electron chi connectivity index (χ0n) is 13.1. The molecule has 0 bridgehead atoms. The van der Waals surface area contributed by atoms with E-state index in [9.17, 15) is 9.90 Å². The van der Waals surface area contributed by atoms with Crippen LogP contribution in [-0.4, -0.2) is 29.1 Å². The minimum Gasteiger partial charge on any atom is -0.481 e. The van der Waals surface area contributed by atoms with E-state index < -0.39 is 11.4 Å². The summed E-state index contributed by atoms with van der Waals surface area (Å²) in [5.41, 5.74) is 0.781. The lowest BCUT2D eigenvalue weighted by Crippen LogP contribution is -2.35. The molecular formula is C19H21NO2S. The van der Waals surface area contributed by atoms with E-state index in [4.69, 9.17) is 0 Å². The van der Waals surface area contributed by atoms with E-state index in [2.05, 4.69) is 41.3 Å². The van der Waals surface area contributed by atoms with Crippen LogP contribution in [-0.2, 0) is 11.3 Å². The standard InChI is InChI=1S/C19H21NO2S/c21-18(22)19-10-4-7-15(19)11-20(13-19)12-16-8-9-17(23-16)14-5-2-1-3-6-14/h1-3,5-6,8-9,15H,4,7,10-13H2,(H,21,22)/t15-,19+/m0/s1. The van der Waals surface area contributed by atoms with Gasteiger partial charge in [0, 0.05) is 29.4 Å². The first-order valence-corrected chi connectivity index (χ1v) is 9.09. The van der Waals surface area contributed by atoms with Gasteiger partial charge in [-0.1, -0.05) is 36.8 Å². The van der Waals surface area contributed by atoms with Crippen molar-refractivity contribution in [2.75, 3.05) is 13.1 Å². The van der Waals surface area contributed by atoms with Crippen LogP contribution < -0.4 is 0 Å². The fourth-order valence-corrected chi connectivity index (χ4v) is 5.36. The maximum Gasteiger partial charge on any atom is 0.311 e. The molecular weight excluding hydrogens is 306 g/mol. The summed E-state index contributed by atoms with van der Waals surface area (Å²) in [5, 5.41) is 9.69. The molecule has 0 amide bonds. The molecule has 4 heteroatoms. The van der Waals surface area contributed by atoms with Crippen molar-refractivity contribution in [3.63, 3.8) is 0 Å². The van der Waals surface area contributed by atoms with Crippen LogP contribution in [0.25, 0.3) is 10.4 Å². The predicted molar refractivity (Wildman–Crippen MR) is 92.4 cm³/mol. The molecule has 4 rings (SSSR count). The van der Waals surface area contributed by atoms with Crippen LogP contribution in [0.3, 0.4) is 0 Å². The first-order valence-electron chi connectivity index (χ1n) is 8.27. The van der Waals surface area contributed by atoms with Gasteiger partial charge in [-0.2, -0.15) is 0 Å². The molecule has 2 fully saturated rings. The lowest BCUT2D eigenvalue weighted by atomic mass is 9.81. The van der Waals surface area contributed by atoms with Crippen molar-refractivity contribution in [1.29, 1.82) is 0 Å². The summed E-state index contributed by atoms with van der Waals surface area (Å²) >= 11 is 1.82. The Labute approximate surface area is 140 Å². The number of rotatable bonds is 4. The molecule has 1 saturated carbocycles. The second-order valence-corrected chi connectivity index (χ2v) is 8.02. The van der Waals surface area contributed by atoms with Gasteiger partial charge in [-0.25, -0.2) is 0 Å². The third-order valence-electron chi connectivity index (χ3n) is 5.47. The van der Waals surface area contributed by atoms with Gasteiger partial charge in [0.05, 0.1) is 5.41 Å². The van der Waals surface area contributed by atoms with E-state index in [1.807, 2.05) is 17.4 Å². The Morgan fingerprint density at radius 1 is 1.26 bits per heavy atom. The van der Waals surface area contributed by atoms with E-state index >= 15 is 0 Å². The van der Waals surface area contributed by atoms with Crippen LogP contribution in [0.2, 0.25) is 0 Å². The maximum atomic E-state index is 11.8. The second kappa shape index (κ2) is 5.77. The number of carbonyl (C=O) groups is 1. The van der Waals surface area contributed by atoms with Gasteiger partial charge in [-0.3, -0.25) is 9.69 Å². The molecule has 1 N–H and O–H groups in total. The van der Waals surface area contributed by atoms with Crippen molar-refractivity contribution in [3.05, 3.63) is 47.3 Å². The van der Waals surface area contributed by atoms with Crippen LogP contribution in [0, 0.1) is 11.3 Å². The quantitative estimate of drug-likeness (QED) is 0.919. The molecule has 1 aromatic carbocycles. The minimum atomic E-state index is -0.585. The van der Waals surface area contributed by atoms with Crippen LogP contribution in [0.15, 0.2) is 42.5 Å². The Hall–Kier alpha value is -1.65. The van der Waals surface area contributed by atoms with Crippen molar-refractivity contribution < 1.29 is 9.90 Å². The number of benzene rings is 1. The van der Waals surface area contributed by atoms with Gasteiger partial charge in [0.25, 0.3) is 0 Å². The number of carboxylic acids is 1. The van der Waals surface area contributed by atoms with Crippen LogP contribution >= 0.6 is 11.3 Å². The predicted octanol–water partition coefficient (Wildman–Crippen LogP) is 4.10. The fourth-order valence-electron chi connectivity index (χ4n) is 4.30. The van der Waals surface area contributed by atoms with Crippen LogP contribution in [0.5, 0.6) is 0 Å². The normalized spacial score (nSPS) is 27.2. The van der Waals surface area contributed by atoms with Gasteiger partial charge in [0.2, 0.25) is 0 Å². The summed E-state index contributed by atoms with van der Waals surface area (Å²) in [4.78, 5) is 16.7. The third kappa shape index (κ3) is 2.60. The van der Waals surface area contributed by atoms with E-state index in [1.54, 1.807) is 0 Å².